The maximum atomic E-state index is 5.53. The predicted octanol–water partition coefficient (Wildman–Crippen LogP) is 3.23. The second-order valence-corrected chi connectivity index (χ2v) is 6.00. The molecule has 2 aromatic heterocycles. The average Bonchev–Trinajstić information content (AvgIpc) is 3.14. The zero-order valence-corrected chi connectivity index (χ0v) is 14.1. The normalized spacial score (nSPS) is 15.2. The van der Waals surface area contributed by atoms with E-state index in [-0.39, 0.29) is 0 Å². The van der Waals surface area contributed by atoms with Gasteiger partial charge in [0.15, 0.2) is 5.82 Å². The van der Waals surface area contributed by atoms with E-state index in [1.54, 1.807) is 19.5 Å². The highest BCUT2D eigenvalue weighted by Crippen LogP contribution is 2.32. The van der Waals surface area contributed by atoms with Crippen LogP contribution in [0.5, 0.6) is 5.75 Å². The number of pyridine rings is 1. The molecule has 0 N–H and O–H groups in total. The first-order chi connectivity index (χ1) is 12.4. The number of aromatic nitrogens is 4. The highest BCUT2D eigenvalue weighted by atomic mass is 16.5. The van der Waals surface area contributed by atoms with Gasteiger partial charge in [-0.2, -0.15) is 0 Å². The van der Waals surface area contributed by atoms with E-state index < -0.39 is 0 Å². The number of hydrogen-bond donors (Lipinski definition) is 0. The largest absolute Gasteiger partial charge is 0.494 e. The van der Waals surface area contributed by atoms with Gasteiger partial charge in [0.05, 0.1) is 7.11 Å². The molecule has 3 heterocycles. The molecule has 1 aliphatic heterocycles. The Labute approximate surface area is 146 Å². The maximum Gasteiger partial charge on any atom is 0.181 e. The van der Waals surface area contributed by atoms with Crippen molar-refractivity contribution in [3.8, 4) is 22.8 Å². The summed E-state index contributed by atoms with van der Waals surface area (Å²) in [5.74, 6) is 2.76. The highest BCUT2D eigenvalue weighted by molar-refractivity contribution is 5.55. The van der Waals surface area contributed by atoms with Gasteiger partial charge in [-0.05, 0) is 37.1 Å². The molecule has 25 heavy (non-hydrogen) atoms. The van der Waals surface area contributed by atoms with E-state index in [1.807, 2.05) is 41.1 Å². The summed E-state index contributed by atoms with van der Waals surface area (Å²) < 4.78 is 13.0. The minimum Gasteiger partial charge on any atom is -0.494 e. The lowest BCUT2D eigenvalue weighted by Gasteiger charge is -2.22. The third-order valence-corrected chi connectivity index (χ3v) is 4.47. The molecule has 1 aromatic carbocycles. The molecule has 4 rings (SSSR count). The van der Waals surface area contributed by atoms with E-state index >= 15 is 0 Å². The van der Waals surface area contributed by atoms with Crippen LogP contribution in [0.3, 0.4) is 0 Å². The highest BCUT2D eigenvalue weighted by Gasteiger charge is 2.25. The van der Waals surface area contributed by atoms with E-state index in [2.05, 4.69) is 4.98 Å². The molecule has 1 fully saturated rings. The molecule has 0 unspecified atom stereocenters. The summed E-state index contributed by atoms with van der Waals surface area (Å²) in [6, 6.07) is 11.7. The van der Waals surface area contributed by atoms with Gasteiger partial charge in [-0.25, -0.2) is 9.67 Å². The van der Waals surface area contributed by atoms with Crippen LogP contribution in [0, 0.1) is 0 Å². The van der Waals surface area contributed by atoms with Crippen LogP contribution in [-0.2, 0) is 4.74 Å². The Morgan fingerprint density at radius 2 is 1.84 bits per heavy atom. The summed E-state index contributed by atoms with van der Waals surface area (Å²) in [4.78, 5) is 8.95. The lowest BCUT2D eigenvalue weighted by atomic mass is 9.99. The van der Waals surface area contributed by atoms with Crippen molar-refractivity contribution >= 4 is 0 Å². The molecule has 6 heteroatoms. The monoisotopic (exact) mass is 336 g/mol. The summed E-state index contributed by atoms with van der Waals surface area (Å²) in [6.45, 7) is 1.52. The van der Waals surface area contributed by atoms with Crippen LogP contribution in [0.2, 0.25) is 0 Å². The third kappa shape index (κ3) is 3.13. The quantitative estimate of drug-likeness (QED) is 0.732. The van der Waals surface area contributed by atoms with Gasteiger partial charge >= 0.3 is 0 Å². The number of ether oxygens (including phenoxy) is 2. The second-order valence-electron chi connectivity index (χ2n) is 6.00. The van der Waals surface area contributed by atoms with Crippen LogP contribution in [0.15, 0.2) is 48.8 Å². The molecule has 128 valence electrons. The van der Waals surface area contributed by atoms with Crippen molar-refractivity contribution in [2.24, 2.45) is 0 Å². The number of nitrogens with zero attached hydrogens (tertiary/aromatic N) is 4. The first-order valence-corrected chi connectivity index (χ1v) is 8.45. The zero-order valence-electron chi connectivity index (χ0n) is 14.1. The molecule has 0 radical (unpaired) electrons. The molecule has 0 spiro atoms. The molecule has 0 amide bonds. The lowest BCUT2D eigenvalue weighted by Crippen LogP contribution is -2.18. The Morgan fingerprint density at radius 1 is 1.08 bits per heavy atom. The van der Waals surface area contributed by atoms with Crippen LogP contribution in [-0.4, -0.2) is 40.1 Å². The number of benzene rings is 1. The predicted molar refractivity (Wildman–Crippen MR) is 93.9 cm³/mol. The van der Waals surface area contributed by atoms with Crippen molar-refractivity contribution in [3.63, 3.8) is 0 Å². The number of hydrogen-bond acceptors (Lipinski definition) is 5. The van der Waals surface area contributed by atoms with Gasteiger partial charge in [-0.3, -0.25) is 4.98 Å². The van der Waals surface area contributed by atoms with Crippen LogP contribution in [0.25, 0.3) is 17.1 Å². The van der Waals surface area contributed by atoms with Gasteiger partial charge in [0.2, 0.25) is 0 Å². The summed E-state index contributed by atoms with van der Waals surface area (Å²) >= 11 is 0. The first kappa shape index (κ1) is 15.8. The first-order valence-electron chi connectivity index (χ1n) is 8.45. The summed E-state index contributed by atoms with van der Waals surface area (Å²) in [6.07, 6.45) is 5.41. The van der Waals surface area contributed by atoms with Gasteiger partial charge < -0.3 is 9.47 Å². The minimum atomic E-state index is 0.321. The Balaban J connectivity index is 1.84. The lowest BCUT2D eigenvalue weighted by molar-refractivity contribution is 0.0831. The molecule has 1 aliphatic rings. The molecule has 0 aliphatic carbocycles. The molecule has 1 saturated heterocycles. The van der Waals surface area contributed by atoms with Crippen LogP contribution < -0.4 is 4.74 Å². The van der Waals surface area contributed by atoms with Gasteiger partial charge in [0, 0.05) is 37.1 Å². The Morgan fingerprint density at radius 3 is 2.60 bits per heavy atom. The third-order valence-electron chi connectivity index (χ3n) is 4.47. The Hall–Kier alpha value is -2.73. The van der Waals surface area contributed by atoms with E-state index in [9.17, 15) is 0 Å². The number of rotatable bonds is 4. The molecular weight excluding hydrogens is 316 g/mol. The summed E-state index contributed by atoms with van der Waals surface area (Å²) in [5.41, 5.74) is 1.86. The van der Waals surface area contributed by atoms with Crippen LogP contribution in [0.4, 0.5) is 0 Å². The molecule has 0 bridgehead atoms. The molecular formula is C19H20N4O2. The fourth-order valence-electron chi connectivity index (χ4n) is 3.15. The van der Waals surface area contributed by atoms with Gasteiger partial charge in [0.1, 0.15) is 17.3 Å². The number of methoxy groups -OCH3 is 1. The van der Waals surface area contributed by atoms with Gasteiger partial charge in [-0.1, -0.05) is 12.1 Å². The molecule has 3 aromatic rings. The van der Waals surface area contributed by atoms with Crippen LogP contribution in [0.1, 0.15) is 24.6 Å². The Bertz CT molecular complexity index is 842. The molecule has 6 nitrogen and oxygen atoms in total. The van der Waals surface area contributed by atoms with E-state index in [1.165, 1.54) is 0 Å². The average molecular weight is 336 g/mol. The summed E-state index contributed by atoms with van der Waals surface area (Å²) in [7, 11) is 1.67. The van der Waals surface area contributed by atoms with Crippen molar-refractivity contribution in [3.05, 3.63) is 54.6 Å². The molecule has 0 saturated carbocycles. The smallest absolute Gasteiger partial charge is 0.181 e. The topological polar surface area (TPSA) is 62.1 Å². The van der Waals surface area contributed by atoms with Gasteiger partial charge in [0.25, 0.3) is 0 Å². The zero-order chi connectivity index (χ0) is 17.1. The van der Waals surface area contributed by atoms with Crippen LogP contribution >= 0.6 is 0 Å². The van der Waals surface area contributed by atoms with Crippen molar-refractivity contribution in [2.45, 2.75) is 18.8 Å². The van der Waals surface area contributed by atoms with E-state index in [0.29, 0.717) is 11.7 Å². The van der Waals surface area contributed by atoms with Crippen molar-refractivity contribution in [1.82, 2.24) is 19.7 Å². The molecule has 0 atom stereocenters. The van der Waals surface area contributed by atoms with Gasteiger partial charge in [-0.15, -0.1) is 5.10 Å². The summed E-state index contributed by atoms with van der Waals surface area (Å²) in [5, 5.41) is 4.79. The maximum absolute atomic E-state index is 5.53. The standard InChI is InChI=1S/C19H20N4O2/c1-24-17-5-3-2-4-16(17)23-19(15-8-12-25-13-9-15)21-18(22-23)14-6-10-20-11-7-14/h2-7,10-11,15H,8-9,12-13H2,1H3. The number of para-hydroxylation sites is 2. The minimum absolute atomic E-state index is 0.321. The second kappa shape index (κ2) is 7.03. The fourth-order valence-corrected chi connectivity index (χ4v) is 3.15. The van der Waals surface area contributed by atoms with Crippen molar-refractivity contribution < 1.29 is 9.47 Å². The van der Waals surface area contributed by atoms with E-state index in [0.717, 1.165) is 48.9 Å². The Kier molecular flexibility index (Phi) is 4.43. The van der Waals surface area contributed by atoms with Crippen molar-refractivity contribution in [1.29, 1.82) is 0 Å². The van der Waals surface area contributed by atoms with Crippen molar-refractivity contribution in [2.75, 3.05) is 20.3 Å². The fraction of sp³-hybridized carbons (Fsp3) is 0.316. The van der Waals surface area contributed by atoms with E-state index in [4.69, 9.17) is 19.6 Å². The SMILES string of the molecule is COc1ccccc1-n1nc(-c2ccncc2)nc1C1CCOCC1.